The maximum Gasteiger partial charge on any atom is 0.338 e. The lowest BCUT2D eigenvalue weighted by molar-refractivity contribution is -0.384. The largest absolute Gasteiger partial charge is 0.452 e. The Labute approximate surface area is 179 Å². The van der Waals surface area contributed by atoms with Gasteiger partial charge in [0.2, 0.25) is 0 Å². The van der Waals surface area contributed by atoms with E-state index in [0.717, 1.165) is 5.69 Å². The molecule has 1 aliphatic heterocycles. The highest BCUT2D eigenvalue weighted by Gasteiger charge is 2.24. The van der Waals surface area contributed by atoms with Crippen LogP contribution in [0.3, 0.4) is 0 Å². The first-order valence-corrected chi connectivity index (χ1v) is 9.70. The molecule has 1 fully saturated rings. The van der Waals surface area contributed by atoms with E-state index in [1.54, 1.807) is 12.1 Å². The number of nitrogens with one attached hydrogen (secondary N) is 1. The molecule has 1 aliphatic rings. The van der Waals surface area contributed by atoms with E-state index in [1.165, 1.54) is 18.2 Å². The number of hydrogen-bond donors (Lipinski definition) is 1. The molecule has 1 N–H and O–H groups in total. The van der Waals surface area contributed by atoms with Gasteiger partial charge in [-0.25, -0.2) is 4.79 Å². The van der Waals surface area contributed by atoms with Crippen molar-refractivity contribution < 1.29 is 24.0 Å². The summed E-state index contributed by atoms with van der Waals surface area (Å²) in [6.07, 6.45) is 0. The summed E-state index contributed by atoms with van der Waals surface area (Å²) in [5.74, 6) is -1.32. The zero-order valence-corrected chi connectivity index (χ0v) is 17.4. The van der Waals surface area contributed by atoms with Gasteiger partial charge in [-0.15, -0.1) is 0 Å². The Bertz CT molecular complexity index is 955. The summed E-state index contributed by atoms with van der Waals surface area (Å²) in [6.45, 7) is 1.51. The minimum Gasteiger partial charge on any atom is -0.452 e. The van der Waals surface area contributed by atoms with Gasteiger partial charge in [0, 0.05) is 44.6 Å². The van der Waals surface area contributed by atoms with Gasteiger partial charge in [0.15, 0.2) is 6.61 Å². The minimum atomic E-state index is -0.810. The summed E-state index contributed by atoms with van der Waals surface area (Å²) in [7, 11) is 3.82. The average Bonchev–Trinajstić information content (AvgIpc) is 2.78. The summed E-state index contributed by atoms with van der Waals surface area (Å²) in [5, 5.41) is 14.1. The zero-order chi connectivity index (χ0) is 22.4. The average molecular weight is 428 g/mol. The first-order chi connectivity index (χ1) is 14.8. The molecule has 1 amide bonds. The van der Waals surface area contributed by atoms with Gasteiger partial charge in [-0.2, -0.15) is 0 Å². The van der Waals surface area contributed by atoms with Crippen molar-refractivity contribution in [1.82, 2.24) is 0 Å². The third-order valence-electron chi connectivity index (χ3n) is 4.76. The van der Waals surface area contributed by atoms with Crippen LogP contribution in [-0.2, 0) is 14.3 Å². The molecule has 0 spiro atoms. The number of benzene rings is 2. The van der Waals surface area contributed by atoms with Crippen LogP contribution in [0.2, 0.25) is 0 Å². The van der Waals surface area contributed by atoms with Crippen molar-refractivity contribution in [3.63, 3.8) is 0 Å². The van der Waals surface area contributed by atoms with E-state index >= 15 is 0 Å². The van der Waals surface area contributed by atoms with Crippen molar-refractivity contribution in [2.75, 3.05) is 62.1 Å². The van der Waals surface area contributed by atoms with Crippen LogP contribution in [0.25, 0.3) is 0 Å². The van der Waals surface area contributed by atoms with Crippen molar-refractivity contribution in [2.45, 2.75) is 0 Å². The zero-order valence-electron chi connectivity index (χ0n) is 17.4. The van der Waals surface area contributed by atoms with E-state index in [2.05, 4.69) is 5.32 Å². The number of carbonyl (C=O) groups excluding carboxylic acids is 2. The van der Waals surface area contributed by atoms with Crippen LogP contribution in [0.5, 0.6) is 0 Å². The molecule has 3 rings (SSSR count). The number of morpholine rings is 1. The number of rotatable bonds is 7. The number of anilines is 3. The van der Waals surface area contributed by atoms with E-state index in [9.17, 15) is 19.7 Å². The van der Waals surface area contributed by atoms with Crippen LogP contribution in [0.15, 0.2) is 42.5 Å². The van der Waals surface area contributed by atoms with Crippen molar-refractivity contribution in [3.05, 3.63) is 58.1 Å². The molecule has 0 aliphatic carbocycles. The third-order valence-corrected chi connectivity index (χ3v) is 4.76. The van der Waals surface area contributed by atoms with Gasteiger partial charge in [-0.1, -0.05) is 0 Å². The topological polar surface area (TPSA) is 114 Å². The molecule has 10 heteroatoms. The first kappa shape index (κ1) is 22.0. The molecule has 2 aromatic rings. The van der Waals surface area contributed by atoms with Crippen LogP contribution >= 0.6 is 0 Å². The smallest absolute Gasteiger partial charge is 0.338 e. The van der Waals surface area contributed by atoms with Gasteiger partial charge < -0.3 is 24.6 Å². The Morgan fingerprint density at radius 2 is 1.84 bits per heavy atom. The van der Waals surface area contributed by atoms with Gasteiger partial charge in [0.1, 0.15) is 5.69 Å². The summed E-state index contributed by atoms with van der Waals surface area (Å²) in [4.78, 5) is 39.1. The fraction of sp³-hybridized carbons (Fsp3) is 0.333. The standard InChI is InChI=1S/C21H24N4O6/c1-23(2)17-6-4-16(5-7-17)22-20(26)14-31-21(27)15-3-8-18(19(13-15)25(28)29)24-9-11-30-12-10-24/h3-8,13H,9-12,14H2,1-2H3,(H,22,26). The molecule has 1 saturated heterocycles. The molecular formula is C21H24N4O6. The number of nitro groups is 1. The quantitative estimate of drug-likeness (QED) is 0.406. The van der Waals surface area contributed by atoms with E-state index in [0.29, 0.717) is 37.7 Å². The summed E-state index contributed by atoms with van der Waals surface area (Å²) >= 11 is 0. The Kier molecular flexibility index (Phi) is 7.03. The Morgan fingerprint density at radius 1 is 1.16 bits per heavy atom. The summed E-state index contributed by atoms with van der Waals surface area (Å²) < 4.78 is 10.3. The Morgan fingerprint density at radius 3 is 2.45 bits per heavy atom. The van der Waals surface area contributed by atoms with Gasteiger partial charge in [0.25, 0.3) is 11.6 Å². The van der Waals surface area contributed by atoms with E-state index in [4.69, 9.17) is 9.47 Å². The van der Waals surface area contributed by atoms with E-state index in [-0.39, 0.29) is 11.3 Å². The number of carbonyl (C=O) groups is 2. The highest BCUT2D eigenvalue weighted by molar-refractivity contribution is 5.96. The fourth-order valence-corrected chi connectivity index (χ4v) is 3.12. The van der Waals surface area contributed by atoms with Gasteiger partial charge in [-0.05, 0) is 36.4 Å². The van der Waals surface area contributed by atoms with Crippen LogP contribution in [0, 0.1) is 10.1 Å². The molecule has 2 aromatic carbocycles. The first-order valence-electron chi connectivity index (χ1n) is 9.70. The van der Waals surface area contributed by atoms with E-state index < -0.39 is 23.4 Å². The van der Waals surface area contributed by atoms with Gasteiger partial charge in [0.05, 0.1) is 23.7 Å². The Hall–Kier alpha value is -3.66. The normalized spacial score (nSPS) is 13.4. The highest BCUT2D eigenvalue weighted by Crippen LogP contribution is 2.30. The predicted octanol–water partition coefficient (Wildman–Crippen LogP) is 2.29. The summed E-state index contributed by atoms with van der Waals surface area (Å²) in [5.41, 5.74) is 1.78. The molecular weight excluding hydrogens is 404 g/mol. The number of hydrogen-bond acceptors (Lipinski definition) is 8. The van der Waals surface area contributed by atoms with Crippen molar-refractivity contribution in [1.29, 1.82) is 0 Å². The second-order valence-electron chi connectivity index (χ2n) is 7.13. The minimum absolute atomic E-state index is 0.00634. The molecule has 0 aromatic heterocycles. The molecule has 0 atom stereocenters. The van der Waals surface area contributed by atoms with Crippen LogP contribution in [-0.4, -0.2) is 63.8 Å². The fourth-order valence-electron chi connectivity index (χ4n) is 3.12. The maximum atomic E-state index is 12.3. The van der Waals surface area contributed by atoms with Crippen molar-refractivity contribution in [3.8, 4) is 0 Å². The second-order valence-corrected chi connectivity index (χ2v) is 7.13. The lowest BCUT2D eigenvalue weighted by atomic mass is 10.1. The molecule has 0 bridgehead atoms. The second kappa shape index (κ2) is 9.90. The Balaban J connectivity index is 1.61. The van der Waals surface area contributed by atoms with Crippen LogP contribution in [0.4, 0.5) is 22.7 Å². The number of amides is 1. The van der Waals surface area contributed by atoms with Crippen molar-refractivity contribution >= 4 is 34.6 Å². The molecule has 0 radical (unpaired) electrons. The number of nitro benzene ring substituents is 1. The lowest BCUT2D eigenvalue weighted by Crippen LogP contribution is -2.36. The SMILES string of the molecule is CN(C)c1ccc(NC(=O)COC(=O)c2ccc(N3CCOCC3)c([N+](=O)[O-])c2)cc1. The molecule has 31 heavy (non-hydrogen) atoms. The number of ether oxygens (including phenoxy) is 2. The van der Waals surface area contributed by atoms with Crippen LogP contribution in [0.1, 0.15) is 10.4 Å². The van der Waals surface area contributed by atoms with Crippen molar-refractivity contribution in [2.24, 2.45) is 0 Å². The maximum absolute atomic E-state index is 12.3. The predicted molar refractivity (Wildman–Crippen MR) is 116 cm³/mol. The van der Waals surface area contributed by atoms with Gasteiger partial charge >= 0.3 is 5.97 Å². The molecule has 1 heterocycles. The number of nitrogens with zero attached hydrogens (tertiary/aromatic N) is 3. The molecule has 164 valence electrons. The molecule has 10 nitrogen and oxygen atoms in total. The van der Waals surface area contributed by atoms with Crippen LogP contribution < -0.4 is 15.1 Å². The molecule has 0 unspecified atom stereocenters. The molecule has 0 saturated carbocycles. The summed E-state index contributed by atoms with van der Waals surface area (Å²) in [6, 6.07) is 11.3. The van der Waals surface area contributed by atoms with Gasteiger partial charge in [-0.3, -0.25) is 14.9 Å². The third kappa shape index (κ3) is 5.70. The highest BCUT2D eigenvalue weighted by atomic mass is 16.6. The monoisotopic (exact) mass is 428 g/mol. The van der Waals surface area contributed by atoms with E-state index in [1.807, 2.05) is 36.0 Å². The lowest BCUT2D eigenvalue weighted by Gasteiger charge is -2.28. The number of esters is 1.